The van der Waals surface area contributed by atoms with E-state index in [9.17, 15) is 4.39 Å². The molecule has 5 heteroatoms. The van der Waals surface area contributed by atoms with Crippen LogP contribution in [-0.4, -0.2) is 15.2 Å². The van der Waals surface area contributed by atoms with Gasteiger partial charge in [0, 0.05) is 5.56 Å². The summed E-state index contributed by atoms with van der Waals surface area (Å²) < 4.78 is 12.9. The maximum Gasteiger partial charge on any atom is 0.181 e. The van der Waals surface area contributed by atoms with E-state index < -0.39 is 0 Å². The van der Waals surface area contributed by atoms with Gasteiger partial charge in [0.2, 0.25) is 0 Å². The monoisotopic (exact) mass is 268 g/mol. The SMILES string of the molecule is N[C@H](c1ccccc1)c1nc(-c2ccc(F)cc2)n[nH]1. The lowest BCUT2D eigenvalue weighted by molar-refractivity contribution is 0.628. The smallest absolute Gasteiger partial charge is 0.181 e. The van der Waals surface area contributed by atoms with Gasteiger partial charge in [-0.3, -0.25) is 5.10 Å². The van der Waals surface area contributed by atoms with Crippen LogP contribution in [0.15, 0.2) is 54.6 Å². The van der Waals surface area contributed by atoms with Gasteiger partial charge < -0.3 is 5.73 Å². The number of hydrogen-bond donors (Lipinski definition) is 2. The van der Waals surface area contributed by atoms with Crippen molar-refractivity contribution in [2.45, 2.75) is 6.04 Å². The molecule has 20 heavy (non-hydrogen) atoms. The van der Waals surface area contributed by atoms with Crippen LogP contribution in [0.2, 0.25) is 0 Å². The molecule has 2 aromatic carbocycles. The van der Waals surface area contributed by atoms with E-state index in [1.807, 2.05) is 30.3 Å². The van der Waals surface area contributed by atoms with Crippen LogP contribution < -0.4 is 5.73 Å². The van der Waals surface area contributed by atoms with E-state index in [0.717, 1.165) is 11.1 Å². The summed E-state index contributed by atoms with van der Waals surface area (Å²) in [5.74, 6) is 0.799. The second-order valence-corrected chi connectivity index (χ2v) is 4.44. The topological polar surface area (TPSA) is 67.6 Å². The van der Waals surface area contributed by atoms with E-state index in [2.05, 4.69) is 15.2 Å². The highest BCUT2D eigenvalue weighted by atomic mass is 19.1. The van der Waals surface area contributed by atoms with E-state index in [-0.39, 0.29) is 11.9 Å². The van der Waals surface area contributed by atoms with Gasteiger partial charge in [0.05, 0.1) is 6.04 Å². The number of hydrogen-bond acceptors (Lipinski definition) is 3. The van der Waals surface area contributed by atoms with E-state index >= 15 is 0 Å². The summed E-state index contributed by atoms with van der Waals surface area (Å²) in [6.07, 6.45) is 0. The third-order valence-electron chi connectivity index (χ3n) is 3.06. The zero-order valence-electron chi connectivity index (χ0n) is 10.6. The molecule has 0 radical (unpaired) electrons. The zero-order chi connectivity index (χ0) is 13.9. The van der Waals surface area contributed by atoms with Gasteiger partial charge in [0.1, 0.15) is 11.6 Å². The van der Waals surface area contributed by atoms with Gasteiger partial charge in [-0.25, -0.2) is 9.37 Å². The van der Waals surface area contributed by atoms with Gasteiger partial charge in [-0.2, -0.15) is 5.10 Å². The molecule has 3 rings (SSSR count). The fourth-order valence-corrected chi connectivity index (χ4v) is 1.96. The van der Waals surface area contributed by atoms with Crippen molar-refractivity contribution in [2.75, 3.05) is 0 Å². The van der Waals surface area contributed by atoms with E-state index in [4.69, 9.17) is 5.73 Å². The van der Waals surface area contributed by atoms with Crippen LogP contribution in [-0.2, 0) is 0 Å². The first-order chi connectivity index (χ1) is 9.74. The van der Waals surface area contributed by atoms with Crippen molar-refractivity contribution in [3.8, 4) is 11.4 Å². The van der Waals surface area contributed by atoms with Crippen molar-refractivity contribution in [1.82, 2.24) is 15.2 Å². The molecule has 1 aromatic heterocycles. The van der Waals surface area contributed by atoms with Crippen molar-refractivity contribution in [3.63, 3.8) is 0 Å². The molecule has 3 aromatic rings. The Hall–Kier alpha value is -2.53. The van der Waals surface area contributed by atoms with E-state index in [0.29, 0.717) is 11.6 Å². The normalized spacial score (nSPS) is 12.3. The third-order valence-corrected chi connectivity index (χ3v) is 3.06. The molecule has 100 valence electrons. The minimum atomic E-state index is -0.363. The van der Waals surface area contributed by atoms with Crippen molar-refractivity contribution >= 4 is 0 Å². The molecular formula is C15H13FN4. The van der Waals surface area contributed by atoms with Gasteiger partial charge in [-0.15, -0.1) is 0 Å². The third kappa shape index (κ3) is 2.44. The highest BCUT2D eigenvalue weighted by molar-refractivity contribution is 5.54. The van der Waals surface area contributed by atoms with E-state index in [1.165, 1.54) is 12.1 Å². The first kappa shape index (κ1) is 12.5. The fraction of sp³-hybridized carbons (Fsp3) is 0.0667. The molecule has 0 unspecified atom stereocenters. The summed E-state index contributed by atoms with van der Waals surface area (Å²) in [4.78, 5) is 4.37. The van der Waals surface area contributed by atoms with Gasteiger partial charge >= 0.3 is 0 Å². The second kappa shape index (κ2) is 5.22. The van der Waals surface area contributed by atoms with E-state index in [1.54, 1.807) is 12.1 Å². The summed E-state index contributed by atoms with van der Waals surface area (Å²) in [7, 11) is 0. The minimum absolute atomic E-state index is 0.287. The number of nitrogens with one attached hydrogen (secondary N) is 1. The fourth-order valence-electron chi connectivity index (χ4n) is 1.96. The first-order valence-corrected chi connectivity index (χ1v) is 6.23. The van der Waals surface area contributed by atoms with Crippen LogP contribution in [0.5, 0.6) is 0 Å². The Bertz CT molecular complexity index is 691. The molecular weight excluding hydrogens is 255 g/mol. The lowest BCUT2D eigenvalue weighted by Gasteiger charge is -2.07. The lowest BCUT2D eigenvalue weighted by Crippen LogP contribution is -2.13. The molecule has 0 amide bonds. The number of nitrogens with zero attached hydrogens (tertiary/aromatic N) is 2. The molecule has 0 spiro atoms. The molecule has 1 atom stereocenters. The summed E-state index contributed by atoms with van der Waals surface area (Å²) in [5.41, 5.74) is 7.84. The Balaban J connectivity index is 1.89. The number of halogens is 1. The molecule has 0 saturated heterocycles. The lowest BCUT2D eigenvalue weighted by atomic mass is 10.1. The Kier molecular flexibility index (Phi) is 3.26. The number of nitrogens with two attached hydrogens (primary N) is 1. The van der Waals surface area contributed by atoms with Crippen LogP contribution >= 0.6 is 0 Å². The predicted molar refractivity (Wildman–Crippen MR) is 74.2 cm³/mol. The molecule has 0 aliphatic heterocycles. The standard InChI is InChI=1S/C15H13FN4/c16-12-8-6-11(7-9-12)14-18-15(20-19-14)13(17)10-4-2-1-3-5-10/h1-9,13H,17H2,(H,18,19,20)/t13-/m1/s1. The first-order valence-electron chi connectivity index (χ1n) is 6.23. The summed E-state index contributed by atoms with van der Waals surface area (Å²) in [5, 5.41) is 6.96. The van der Waals surface area contributed by atoms with Crippen LogP contribution in [0.4, 0.5) is 4.39 Å². The van der Waals surface area contributed by atoms with Crippen LogP contribution in [0.3, 0.4) is 0 Å². The Morgan fingerprint density at radius 3 is 2.40 bits per heavy atom. The molecule has 0 saturated carbocycles. The summed E-state index contributed by atoms with van der Waals surface area (Å²) >= 11 is 0. The van der Waals surface area contributed by atoms with Crippen molar-refractivity contribution in [1.29, 1.82) is 0 Å². The molecule has 4 nitrogen and oxygen atoms in total. The average molecular weight is 268 g/mol. The second-order valence-electron chi connectivity index (χ2n) is 4.44. The summed E-state index contributed by atoms with van der Waals surface area (Å²) in [6.45, 7) is 0. The minimum Gasteiger partial charge on any atom is -0.318 e. The highest BCUT2D eigenvalue weighted by Crippen LogP contribution is 2.20. The van der Waals surface area contributed by atoms with Crippen LogP contribution in [0.1, 0.15) is 17.4 Å². The van der Waals surface area contributed by atoms with Crippen molar-refractivity contribution in [3.05, 3.63) is 71.8 Å². The van der Waals surface area contributed by atoms with Crippen molar-refractivity contribution < 1.29 is 4.39 Å². The van der Waals surface area contributed by atoms with Crippen molar-refractivity contribution in [2.24, 2.45) is 5.73 Å². The number of H-pyrrole nitrogens is 1. The maximum atomic E-state index is 12.9. The molecule has 0 aliphatic rings. The van der Waals surface area contributed by atoms with Gasteiger partial charge in [-0.1, -0.05) is 30.3 Å². The molecule has 0 fully saturated rings. The van der Waals surface area contributed by atoms with Gasteiger partial charge in [0.15, 0.2) is 5.82 Å². The van der Waals surface area contributed by atoms with Gasteiger partial charge in [0.25, 0.3) is 0 Å². The average Bonchev–Trinajstić information content (AvgIpc) is 2.98. The molecule has 0 aliphatic carbocycles. The quantitative estimate of drug-likeness (QED) is 0.767. The molecule has 1 heterocycles. The van der Waals surface area contributed by atoms with Gasteiger partial charge in [-0.05, 0) is 29.8 Å². The number of aromatic nitrogens is 3. The Morgan fingerprint density at radius 2 is 1.70 bits per heavy atom. The van der Waals surface area contributed by atoms with Crippen LogP contribution in [0.25, 0.3) is 11.4 Å². The molecule has 3 N–H and O–H groups in total. The predicted octanol–water partition coefficient (Wildman–Crippen LogP) is 2.66. The molecule has 0 bridgehead atoms. The summed E-state index contributed by atoms with van der Waals surface area (Å²) in [6, 6.07) is 15.3. The largest absolute Gasteiger partial charge is 0.318 e. The number of rotatable bonds is 3. The Morgan fingerprint density at radius 1 is 1.00 bits per heavy atom. The highest BCUT2D eigenvalue weighted by Gasteiger charge is 2.14. The number of aromatic amines is 1. The number of benzene rings is 2. The van der Waals surface area contributed by atoms with Crippen LogP contribution in [0, 0.1) is 5.82 Å². The maximum absolute atomic E-state index is 12.9. The Labute approximate surface area is 115 Å². The zero-order valence-corrected chi connectivity index (χ0v) is 10.6.